The summed E-state index contributed by atoms with van der Waals surface area (Å²) in [5.74, 6) is -0.820. The number of anilines is 2. The molecule has 2 aromatic carbocycles. The Morgan fingerprint density at radius 1 is 1.14 bits per heavy atom. The summed E-state index contributed by atoms with van der Waals surface area (Å²) in [6, 6.07) is 11.6. The summed E-state index contributed by atoms with van der Waals surface area (Å²) in [6.07, 6.45) is 3.24. The number of rotatable bonds is 6. The number of fused-ring (bicyclic) bond motifs is 1. The molecule has 1 aliphatic rings. The molecule has 9 nitrogen and oxygen atoms in total. The molecular weight excluding hydrogens is 505 g/mol. The lowest BCUT2D eigenvalue weighted by Crippen LogP contribution is -2.53. The van der Waals surface area contributed by atoms with E-state index in [0.29, 0.717) is 17.6 Å². The average Bonchev–Trinajstić information content (AvgIpc) is 3.52. The van der Waals surface area contributed by atoms with Gasteiger partial charge in [0.1, 0.15) is 18.4 Å². The number of nitrogens with one attached hydrogen (secondary N) is 1. The highest BCUT2D eigenvalue weighted by atomic mass is 32.2. The highest BCUT2D eigenvalue weighted by molar-refractivity contribution is 7.93. The van der Waals surface area contributed by atoms with E-state index in [1.807, 2.05) is 0 Å². The molecule has 186 valence electrons. The maximum atomic E-state index is 13.5. The van der Waals surface area contributed by atoms with Gasteiger partial charge < -0.3 is 14.4 Å². The molecule has 1 N–H and O–H groups in total. The first kappa shape index (κ1) is 23.9. The molecule has 2 amide bonds. The summed E-state index contributed by atoms with van der Waals surface area (Å²) >= 11 is 1.17. The van der Waals surface area contributed by atoms with Gasteiger partial charge in [0.2, 0.25) is 11.8 Å². The lowest BCUT2D eigenvalue weighted by atomic mass is 10.2. The van der Waals surface area contributed by atoms with E-state index in [2.05, 4.69) is 9.71 Å². The van der Waals surface area contributed by atoms with Crippen LogP contribution in [0.25, 0.3) is 10.9 Å². The normalized spacial score (nSPS) is 15.3. The van der Waals surface area contributed by atoms with Gasteiger partial charge in [-0.05, 0) is 55.5 Å². The summed E-state index contributed by atoms with van der Waals surface area (Å²) in [5, 5.41) is 2.63. The number of sulfonamides is 1. The molecule has 4 aromatic rings. The van der Waals surface area contributed by atoms with E-state index in [0.717, 1.165) is 5.52 Å². The van der Waals surface area contributed by atoms with Gasteiger partial charge >= 0.3 is 0 Å². The Hall–Kier alpha value is -3.77. The van der Waals surface area contributed by atoms with Crippen molar-refractivity contribution in [2.75, 3.05) is 29.3 Å². The van der Waals surface area contributed by atoms with E-state index >= 15 is 0 Å². The van der Waals surface area contributed by atoms with Crippen molar-refractivity contribution in [3.8, 4) is 0 Å². The molecule has 12 heteroatoms. The number of benzene rings is 2. The van der Waals surface area contributed by atoms with E-state index < -0.39 is 16.1 Å². The maximum Gasteiger partial charge on any atom is 0.263 e. The van der Waals surface area contributed by atoms with E-state index in [1.54, 1.807) is 47.3 Å². The largest absolute Gasteiger partial charge is 0.335 e. The fraction of sp³-hybridized carbons (Fsp3) is 0.208. The van der Waals surface area contributed by atoms with Gasteiger partial charge in [0.25, 0.3) is 10.0 Å². The molecule has 5 rings (SSSR count). The van der Waals surface area contributed by atoms with Crippen LogP contribution in [0.2, 0.25) is 0 Å². The molecule has 1 aliphatic heterocycles. The zero-order valence-electron chi connectivity index (χ0n) is 19.2. The van der Waals surface area contributed by atoms with Crippen molar-refractivity contribution in [2.45, 2.75) is 17.9 Å². The second-order valence-corrected chi connectivity index (χ2v) is 10.9. The minimum absolute atomic E-state index is 0.0513. The lowest BCUT2D eigenvalue weighted by molar-refractivity contribution is -0.139. The van der Waals surface area contributed by atoms with Gasteiger partial charge in [0, 0.05) is 47.5 Å². The smallest absolute Gasteiger partial charge is 0.263 e. The summed E-state index contributed by atoms with van der Waals surface area (Å²) in [4.78, 5) is 33.1. The van der Waals surface area contributed by atoms with Crippen LogP contribution in [0.15, 0.2) is 71.2 Å². The van der Waals surface area contributed by atoms with Crippen LogP contribution in [0, 0.1) is 5.82 Å². The van der Waals surface area contributed by atoms with Crippen LogP contribution in [-0.2, 0) is 19.6 Å². The van der Waals surface area contributed by atoms with Gasteiger partial charge in [0.15, 0.2) is 5.13 Å². The summed E-state index contributed by atoms with van der Waals surface area (Å²) in [7, 11) is -3.80. The number of aromatic nitrogens is 2. The first-order valence-electron chi connectivity index (χ1n) is 11.1. The maximum absolute atomic E-state index is 13.5. The van der Waals surface area contributed by atoms with Gasteiger partial charge in [-0.25, -0.2) is 17.8 Å². The summed E-state index contributed by atoms with van der Waals surface area (Å²) in [6.45, 7) is 2.26. The zero-order valence-corrected chi connectivity index (χ0v) is 20.8. The molecule has 36 heavy (non-hydrogen) atoms. The van der Waals surface area contributed by atoms with Gasteiger partial charge in [-0.3, -0.25) is 14.3 Å². The molecule has 0 saturated carbocycles. The number of piperazine rings is 1. The van der Waals surface area contributed by atoms with Crippen LogP contribution in [0.5, 0.6) is 0 Å². The number of hydrogen-bond donors (Lipinski definition) is 1. The Morgan fingerprint density at radius 2 is 1.92 bits per heavy atom. The summed E-state index contributed by atoms with van der Waals surface area (Å²) in [5.41, 5.74) is 1.29. The standard InChI is InChI=1S/C24H22FN5O4S2/c1-16(29-10-8-17-14-18(25)2-7-21(17)29)23(32)28-11-12-30(22(31)15-28)19-3-5-20(6-4-19)36(33,34)27-24-26-9-13-35-24/h2-10,13-14,16H,11-12,15H2,1H3,(H,26,27)/t16-/m1/s1. The number of nitrogens with zero attached hydrogens (tertiary/aromatic N) is 4. The van der Waals surface area contributed by atoms with Crippen LogP contribution >= 0.6 is 11.3 Å². The first-order chi connectivity index (χ1) is 17.2. The van der Waals surface area contributed by atoms with Crippen molar-refractivity contribution in [2.24, 2.45) is 0 Å². The third-order valence-electron chi connectivity index (χ3n) is 6.10. The zero-order chi connectivity index (χ0) is 25.4. The third kappa shape index (κ3) is 4.56. The molecule has 0 unspecified atom stereocenters. The molecule has 1 fully saturated rings. The minimum atomic E-state index is -3.80. The Kier molecular flexibility index (Phi) is 6.22. The predicted molar refractivity (Wildman–Crippen MR) is 135 cm³/mol. The van der Waals surface area contributed by atoms with E-state index in [-0.39, 0.29) is 40.7 Å². The van der Waals surface area contributed by atoms with E-state index in [4.69, 9.17) is 0 Å². The molecule has 0 spiro atoms. The number of carbonyl (C=O) groups is 2. The predicted octanol–water partition coefficient (Wildman–Crippen LogP) is 3.47. The van der Waals surface area contributed by atoms with E-state index in [9.17, 15) is 22.4 Å². The number of hydrogen-bond acceptors (Lipinski definition) is 6. The molecule has 0 radical (unpaired) electrons. The number of halogens is 1. The average molecular weight is 528 g/mol. The third-order valence-corrected chi connectivity index (χ3v) is 8.27. The van der Waals surface area contributed by atoms with Crippen molar-refractivity contribution >= 4 is 54.9 Å². The van der Waals surface area contributed by atoms with Crippen LogP contribution in [0.4, 0.5) is 15.2 Å². The SMILES string of the molecule is C[C@H](C(=O)N1CCN(c2ccc(S(=O)(=O)Nc3nccs3)cc2)C(=O)C1)n1ccc2cc(F)ccc21. The van der Waals surface area contributed by atoms with Crippen LogP contribution in [0.1, 0.15) is 13.0 Å². The van der Waals surface area contributed by atoms with Crippen molar-refractivity contribution in [3.63, 3.8) is 0 Å². The Balaban J connectivity index is 1.26. The second-order valence-electron chi connectivity index (χ2n) is 8.34. The fourth-order valence-electron chi connectivity index (χ4n) is 4.24. The second kappa shape index (κ2) is 9.36. The van der Waals surface area contributed by atoms with Gasteiger partial charge in [-0.15, -0.1) is 11.3 Å². The Labute approximate surface area is 210 Å². The number of amides is 2. The minimum Gasteiger partial charge on any atom is -0.335 e. The topological polar surface area (TPSA) is 105 Å². The highest BCUT2D eigenvalue weighted by Gasteiger charge is 2.31. The van der Waals surface area contributed by atoms with Gasteiger partial charge in [0.05, 0.1) is 4.90 Å². The molecule has 0 bridgehead atoms. The molecular formula is C24H22FN5O4S2. The molecule has 1 saturated heterocycles. The first-order valence-corrected chi connectivity index (χ1v) is 13.5. The van der Waals surface area contributed by atoms with Crippen LogP contribution in [0.3, 0.4) is 0 Å². The van der Waals surface area contributed by atoms with Crippen molar-refractivity contribution < 1.29 is 22.4 Å². The highest BCUT2D eigenvalue weighted by Crippen LogP contribution is 2.25. The molecule has 0 aliphatic carbocycles. The Bertz CT molecular complexity index is 1530. The Morgan fingerprint density at radius 3 is 2.61 bits per heavy atom. The van der Waals surface area contributed by atoms with Crippen LogP contribution in [-0.4, -0.2) is 54.3 Å². The molecule has 2 aromatic heterocycles. The lowest BCUT2D eigenvalue weighted by Gasteiger charge is -2.35. The van der Waals surface area contributed by atoms with Gasteiger partial charge in [-0.2, -0.15) is 0 Å². The van der Waals surface area contributed by atoms with Crippen LogP contribution < -0.4 is 9.62 Å². The quantitative estimate of drug-likeness (QED) is 0.414. The molecule has 1 atom stereocenters. The fourth-order valence-corrected chi connectivity index (χ4v) is 6.03. The van der Waals surface area contributed by atoms with Crippen molar-refractivity contribution in [1.82, 2.24) is 14.5 Å². The van der Waals surface area contributed by atoms with E-state index in [1.165, 1.54) is 51.6 Å². The number of thiazole rings is 1. The van der Waals surface area contributed by atoms with Crippen molar-refractivity contribution in [3.05, 3.63) is 72.1 Å². The van der Waals surface area contributed by atoms with Crippen molar-refractivity contribution in [1.29, 1.82) is 0 Å². The summed E-state index contributed by atoms with van der Waals surface area (Å²) < 4.78 is 42.8. The monoisotopic (exact) mass is 527 g/mol. The molecule has 3 heterocycles. The number of carbonyl (C=O) groups excluding carboxylic acids is 2. The van der Waals surface area contributed by atoms with Gasteiger partial charge in [-0.1, -0.05) is 0 Å².